The maximum atomic E-state index is 13.4. The average Bonchev–Trinajstić information content (AvgIpc) is 2.36. The normalized spacial score (nSPS) is 12.1. The zero-order valence-corrected chi connectivity index (χ0v) is 10.3. The minimum absolute atomic E-state index is 0.0212. The number of carbonyl (C=O) groups is 1. The molecule has 4 nitrogen and oxygen atoms in total. The largest absolute Gasteiger partial charge is 0.465 e. The van der Waals surface area contributed by atoms with E-state index in [2.05, 4.69) is 10.1 Å². The van der Waals surface area contributed by atoms with Crippen molar-refractivity contribution in [3.8, 4) is 0 Å². The van der Waals surface area contributed by atoms with Gasteiger partial charge in [0.2, 0.25) is 0 Å². The summed E-state index contributed by atoms with van der Waals surface area (Å²) in [4.78, 5) is 11.2. The van der Waals surface area contributed by atoms with Crippen LogP contribution < -0.4 is 5.32 Å². The quantitative estimate of drug-likeness (QED) is 0.637. The second kappa shape index (κ2) is 6.51. The second-order valence-electron chi connectivity index (χ2n) is 3.49. The highest BCUT2D eigenvalue weighted by Crippen LogP contribution is 2.20. The van der Waals surface area contributed by atoms with Crippen LogP contribution in [0.4, 0.5) is 14.5 Å². The van der Waals surface area contributed by atoms with Gasteiger partial charge < -0.3 is 15.2 Å². The van der Waals surface area contributed by atoms with E-state index >= 15 is 0 Å². The van der Waals surface area contributed by atoms with E-state index < -0.39 is 23.7 Å². The molecule has 0 aliphatic carbocycles. The first kappa shape index (κ1) is 14.7. The van der Waals surface area contributed by atoms with Gasteiger partial charge in [0.25, 0.3) is 0 Å². The summed E-state index contributed by atoms with van der Waals surface area (Å²) in [5.74, 6) is -2.82. The summed E-state index contributed by atoms with van der Waals surface area (Å²) in [5.41, 5.74) is -0.497. The van der Waals surface area contributed by atoms with Gasteiger partial charge in [0.05, 0.1) is 30.3 Å². The van der Waals surface area contributed by atoms with Crippen LogP contribution in [-0.2, 0) is 4.74 Å². The van der Waals surface area contributed by atoms with Gasteiger partial charge in [0.15, 0.2) is 0 Å². The Bertz CT molecular complexity index is 443. The molecule has 0 heterocycles. The highest BCUT2D eigenvalue weighted by atomic mass is 35.5. The number of carbonyl (C=O) groups excluding carboxylic acids is 1. The number of halogens is 3. The van der Waals surface area contributed by atoms with E-state index in [-0.39, 0.29) is 23.7 Å². The Balaban J connectivity index is 2.94. The molecule has 0 saturated heterocycles. The van der Waals surface area contributed by atoms with Gasteiger partial charge in [-0.15, -0.1) is 11.6 Å². The summed E-state index contributed by atoms with van der Waals surface area (Å²) in [6.07, 6.45) is -0.877. The van der Waals surface area contributed by atoms with E-state index in [1.165, 1.54) is 0 Å². The minimum Gasteiger partial charge on any atom is -0.465 e. The van der Waals surface area contributed by atoms with Gasteiger partial charge in [0.1, 0.15) is 11.6 Å². The van der Waals surface area contributed by atoms with Crippen LogP contribution in [0.25, 0.3) is 0 Å². The van der Waals surface area contributed by atoms with Gasteiger partial charge in [-0.2, -0.15) is 0 Å². The number of hydrogen-bond acceptors (Lipinski definition) is 4. The van der Waals surface area contributed by atoms with Crippen molar-refractivity contribution in [3.63, 3.8) is 0 Å². The molecule has 7 heteroatoms. The molecular weight excluding hydrogens is 268 g/mol. The van der Waals surface area contributed by atoms with Crippen molar-refractivity contribution in [1.82, 2.24) is 0 Å². The molecule has 1 aromatic rings. The van der Waals surface area contributed by atoms with Crippen LogP contribution in [0.5, 0.6) is 0 Å². The van der Waals surface area contributed by atoms with Gasteiger partial charge in [-0.3, -0.25) is 0 Å². The SMILES string of the molecule is COC(=O)c1cc(NCC(O)CCl)c(F)cc1F. The van der Waals surface area contributed by atoms with Crippen molar-refractivity contribution < 1.29 is 23.4 Å². The number of ether oxygens (including phenoxy) is 1. The highest BCUT2D eigenvalue weighted by molar-refractivity contribution is 6.18. The molecule has 1 rings (SSSR count). The minimum atomic E-state index is -1.01. The van der Waals surface area contributed by atoms with Crippen LogP contribution in [0, 0.1) is 11.6 Å². The Labute approximate surface area is 108 Å². The molecule has 0 aliphatic heterocycles. The third kappa shape index (κ3) is 3.54. The lowest BCUT2D eigenvalue weighted by molar-refractivity contribution is 0.0595. The predicted molar refractivity (Wildman–Crippen MR) is 62.9 cm³/mol. The number of alkyl halides is 1. The summed E-state index contributed by atoms with van der Waals surface area (Å²) < 4.78 is 31.0. The molecule has 1 atom stereocenters. The summed E-state index contributed by atoms with van der Waals surface area (Å²) in [7, 11) is 1.09. The molecule has 18 heavy (non-hydrogen) atoms. The van der Waals surface area contributed by atoms with E-state index in [1.807, 2.05) is 0 Å². The van der Waals surface area contributed by atoms with E-state index in [4.69, 9.17) is 11.6 Å². The first-order valence-corrected chi connectivity index (χ1v) is 5.58. The molecule has 0 spiro atoms. The van der Waals surface area contributed by atoms with Crippen LogP contribution >= 0.6 is 11.6 Å². The van der Waals surface area contributed by atoms with Crippen molar-refractivity contribution in [3.05, 3.63) is 29.3 Å². The smallest absolute Gasteiger partial charge is 0.340 e. The van der Waals surface area contributed by atoms with Crippen molar-refractivity contribution >= 4 is 23.3 Å². The van der Waals surface area contributed by atoms with Crippen molar-refractivity contribution in [1.29, 1.82) is 0 Å². The molecular formula is C11H12ClF2NO3. The third-order valence-corrected chi connectivity index (χ3v) is 2.52. The Morgan fingerprint density at radius 3 is 2.72 bits per heavy atom. The van der Waals surface area contributed by atoms with Crippen LogP contribution in [0.3, 0.4) is 0 Å². The Kier molecular flexibility index (Phi) is 5.30. The van der Waals surface area contributed by atoms with Crippen LogP contribution in [0.15, 0.2) is 12.1 Å². The fourth-order valence-electron chi connectivity index (χ4n) is 1.23. The molecule has 0 aromatic heterocycles. The predicted octanol–water partition coefficient (Wildman–Crippen LogP) is 1.76. The fraction of sp³-hybridized carbons (Fsp3) is 0.364. The molecule has 0 fully saturated rings. The number of methoxy groups -OCH3 is 1. The molecule has 0 amide bonds. The number of hydrogen-bond donors (Lipinski definition) is 2. The first-order valence-electron chi connectivity index (χ1n) is 5.04. The second-order valence-corrected chi connectivity index (χ2v) is 3.80. The Morgan fingerprint density at radius 1 is 1.50 bits per heavy atom. The monoisotopic (exact) mass is 279 g/mol. The van der Waals surface area contributed by atoms with E-state index in [0.717, 1.165) is 13.2 Å². The molecule has 1 aromatic carbocycles. The molecule has 0 saturated carbocycles. The van der Waals surface area contributed by atoms with E-state index in [9.17, 15) is 18.7 Å². The van der Waals surface area contributed by atoms with Crippen LogP contribution in [0.1, 0.15) is 10.4 Å². The number of nitrogens with one attached hydrogen (secondary N) is 1. The van der Waals surface area contributed by atoms with Crippen molar-refractivity contribution in [2.45, 2.75) is 6.10 Å². The van der Waals surface area contributed by atoms with Gasteiger partial charge in [-0.25, -0.2) is 13.6 Å². The lowest BCUT2D eigenvalue weighted by atomic mass is 10.1. The van der Waals surface area contributed by atoms with Crippen LogP contribution in [0.2, 0.25) is 0 Å². The molecule has 1 unspecified atom stereocenters. The average molecular weight is 280 g/mol. The number of benzene rings is 1. The van der Waals surface area contributed by atoms with E-state index in [0.29, 0.717) is 6.07 Å². The summed E-state index contributed by atoms with van der Waals surface area (Å²) in [6.45, 7) is -0.0212. The van der Waals surface area contributed by atoms with Gasteiger partial charge in [0, 0.05) is 12.6 Å². The van der Waals surface area contributed by atoms with Gasteiger partial charge in [-0.1, -0.05) is 0 Å². The molecule has 100 valence electrons. The topological polar surface area (TPSA) is 58.6 Å². The van der Waals surface area contributed by atoms with E-state index in [1.54, 1.807) is 0 Å². The zero-order chi connectivity index (χ0) is 13.7. The lowest BCUT2D eigenvalue weighted by Gasteiger charge is -2.12. The molecule has 2 N–H and O–H groups in total. The highest BCUT2D eigenvalue weighted by Gasteiger charge is 2.16. The molecule has 0 radical (unpaired) electrons. The zero-order valence-electron chi connectivity index (χ0n) is 9.54. The molecule has 0 aliphatic rings. The maximum Gasteiger partial charge on any atom is 0.340 e. The Hall–Kier alpha value is -1.40. The number of anilines is 1. The number of rotatable bonds is 5. The molecule has 0 bridgehead atoms. The number of aliphatic hydroxyl groups excluding tert-OH is 1. The standard InChI is InChI=1S/C11H12ClF2NO3/c1-18-11(17)7-2-10(9(14)3-8(7)13)15-5-6(16)4-12/h2-3,6,15-16H,4-5H2,1H3. The first-order chi connectivity index (χ1) is 8.49. The van der Waals surface area contributed by atoms with Crippen LogP contribution in [-0.4, -0.2) is 36.7 Å². The third-order valence-electron chi connectivity index (χ3n) is 2.17. The number of aliphatic hydroxyl groups is 1. The van der Waals surface area contributed by atoms with Gasteiger partial charge >= 0.3 is 5.97 Å². The fourth-order valence-corrected chi connectivity index (χ4v) is 1.34. The summed E-state index contributed by atoms with van der Waals surface area (Å²) in [6, 6.07) is 1.55. The van der Waals surface area contributed by atoms with Crippen molar-refractivity contribution in [2.24, 2.45) is 0 Å². The maximum absolute atomic E-state index is 13.4. The summed E-state index contributed by atoms with van der Waals surface area (Å²) >= 11 is 5.37. The summed E-state index contributed by atoms with van der Waals surface area (Å²) in [5, 5.41) is 11.7. The van der Waals surface area contributed by atoms with Gasteiger partial charge in [-0.05, 0) is 6.07 Å². The number of esters is 1. The van der Waals surface area contributed by atoms with Crippen molar-refractivity contribution in [2.75, 3.05) is 24.9 Å². The lowest BCUT2D eigenvalue weighted by Crippen LogP contribution is -2.21. The Morgan fingerprint density at radius 2 is 2.17 bits per heavy atom.